The summed E-state index contributed by atoms with van der Waals surface area (Å²) in [7, 11) is 3.37. The average Bonchev–Trinajstić information content (AvgIpc) is 3.43. The summed E-state index contributed by atoms with van der Waals surface area (Å²) in [5, 5.41) is 7.54. The molecule has 8 nitrogen and oxygen atoms in total. The van der Waals surface area contributed by atoms with Crippen LogP contribution in [0.3, 0.4) is 0 Å². The molecule has 1 aromatic carbocycles. The van der Waals surface area contributed by atoms with E-state index in [2.05, 4.69) is 30.4 Å². The summed E-state index contributed by atoms with van der Waals surface area (Å²) in [4.78, 5) is 17.4. The number of nitrogens with one attached hydrogen (secondary N) is 1. The highest BCUT2D eigenvalue weighted by molar-refractivity contribution is 5.95. The molecule has 1 aliphatic heterocycles. The first kappa shape index (κ1) is 23.5. The Morgan fingerprint density at radius 3 is 2.58 bits per heavy atom. The summed E-state index contributed by atoms with van der Waals surface area (Å²) in [6.07, 6.45) is -2.34. The van der Waals surface area contributed by atoms with Gasteiger partial charge >= 0.3 is 6.18 Å². The van der Waals surface area contributed by atoms with E-state index >= 15 is 0 Å². The number of fused-ring (bicyclic) bond motifs is 1. The van der Waals surface area contributed by atoms with Crippen LogP contribution in [0.1, 0.15) is 29.7 Å². The topological polar surface area (TPSA) is 90.1 Å². The number of para-hydroxylation sites is 1. The van der Waals surface area contributed by atoms with Crippen LogP contribution in [-0.4, -0.2) is 37.6 Å². The van der Waals surface area contributed by atoms with Gasteiger partial charge in [0, 0.05) is 37.0 Å². The van der Waals surface area contributed by atoms with E-state index in [1.807, 2.05) is 25.1 Å². The van der Waals surface area contributed by atoms with E-state index in [1.54, 1.807) is 31.0 Å². The largest absolute Gasteiger partial charge is 0.494 e. The van der Waals surface area contributed by atoms with E-state index in [4.69, 9.17) is 4.74 Å². The number of methoxy groups -OCH3 is 1. The molecule has 0 atom stereocenters. The van der Waals surface area contributed by atoms with Gasteiger partial charge in [0.05, 0.1) is 29.7 Å². The van der Waals surface area contributed by atoms with Crippen molar-refractivity contribution in [2.24, 2.45) is 12.0 Å². The third-order valence-corrected chi connectivity index (χ3v) is 5.74. The second-order valence-corrected chi connectivity index (χ2v) is 8.39. The smallest absolute Gasteiger partial charge is 0.433 e. The summed E-state index contributed by atoms with van der Waals surface area (Å²) in [6, 6.07) is 11.3. The highest BCUT2D eigenvalue weighted by atomic mass is 19.4. The molecule has 0 amide bonds. The number of rotatable bonds is 6. The number of aryl methyl sites for hydroxylation is 1. The molecule has 0 unspecified atom stereocenters. The number of aromatic nitrogens is 5. The number of halogens is 3. The Balaban J connectivity index is 1.54. The zero-order valence-corrected chi connectivity index (χ0v) is 19.8. The van der Waals surface area contributed by atoms with Crippen molar-refractivity contribution in [2.75, 3.05) is 12.4 Å². The molecule has 184 valence electrons. The maximum atomic E-state index is 13.1. The molecule has 1 aliphatic rings. The lowest BCUT2D eigenvalue weighted by atomic mass is 10.1. The summed E-state index contributed by atoms with van der Waals surface area (Å²) in [6.45, 7) is 1.91. The van der Waals surface area contributed by atoms with Crippen LogP contribution in [0.5, 0.6) is 5.75 Å². The highest BCUT2D eigenvalue weighted by Gasteiger charge is 2.32. The lowest BCUT2D eigenvalue weighted by molar-refractivity contribution is -0.141. The number of hydrogen-bond donors (Lipinski definition) is 1. The third-order valence-electron chi connectivity index (χ3n) is 5.74. The second-order valence-electron chi connectivity index (χ2n) is 8.39. The fraction of sp³-hybridized carbons (Fsp3) is 0.240. The van der Waals surface area contributed by atoms with Crippen LogP contribution in [0.4, 0.5) is 30.2 Å². The molecule has 0 radical (unpaired) electrons. The third kappa shape index (κ3) is 4.51. The number of anilines is 2. The van der Waals surface area contributed by atoms with Crippen molar-refractivity contribution < 1.29 is 17.9 Å². The highest BCUT2D eigenvalue weighted by Crippen LogP contribution is 2.41. The Morgan fingerprint density at radius 2 is 1.86 bits per heavy atom. The Morgan fingerprint density at radius 1 is 1.06 bits per heavy atom. The molecule has 11 heteroatoms. The number of aliphatic imine (C=N–C) groups is 1. The molecule has 0 spiro atoms. The summed E-state index contributed by atoms with van der Waals surface area (Å²) in [5.41, 5.74) is 4.38. The van der Waals surface area contributed by atoms with Gasteiger partial charge in [0.15, 0.2) is 11.6 Å². The molecule has 0 saturated carbocycles. The monoisotopic (exact) mass is 493 g/mol. The standard InChI is InChI=1S/C25H22F3N7O/c1-14-10-19-22(31-14)20(12-16(32-19)11-15-6-4-9-21(33-15)25(26,27)28)34-18-8-5-7-17(23(18)36-3)24-29-13-30-35(24)2/h4-9,12-13H,10-11H2,1-3H3,(H,32,34). The van der Waals surface area contributed by atoms with Crippen LogP contribution in [0.25, 0.3) is 11.4 Å². The number of alkyl halides is 3. The minimum Gasteiger partial charge on any atom is -0.494 e. The van der Waals surface area contributed by atoms with Crippen LogP contribution in [0, 0.1) is 0 Å². The van der Waals surface area contributed by atoms with Gasteiger partial charge in [-0.05, 0) is 37.3 Å². The molecular weight excluding hydrogens is 471 g/mol. The Hall–Kier alpha value is -4.28. The second kappa shape index (κ2) is 9.06. The van der Waals surface area contributed by atoms with Crippen molar-refractivity contribution in [3.63, 3.8) is 0 Å². The predicted octanol–water partition coefficient (Wildman–Crippen LogP) is 5.28. The first-order valence-electron chi connectivity index (χ1n) is 11.1. The molecule has 36 heavy (non-hydrogen) atoms. The minimum atomic E-state index is -4.51. The first-order valence-corrected chi connectivity index (χ1v) is 11.1. The van der Waals surface area contributed by atoms with Gasteiger partial charge in [0.25, 0.3) is 0 Å². The maximum Gasteiger partial charge on any atom is 0.433 e. The van der Waals surface area contributed by atoms with Gasteiger partial charge in [-0.3, -0.25) is 9.98 Å². The molecule has 4 aromatic rings. The molecular formula is C25H22F3N7O. The van der Waals surface area contributed by atoms with E-state index < -0.39 is 11.9 Å². The molecule has 3 aromatic heterocycles. The van der Waals surface area contributed by atoms with Crippen LogP contribution >= 0.6 is 0 Å². The van der Waals surface area contributed by atoms with E-state index in [9.17, 15) is 13.2 Å². The van der Waals surface area contributed by atoms with Gasteiger partial charge < -0.3 is 10.1 Å². The van der Waals surface area contributed by atoms with Crippen molar-refractivity contribution in [1.82, 2.24) is 24.7 Å². The van der Waals surface area contributed by atoms with Gasteiger partial charge in [0.2, 0.25) is 0 Å². The average molecular weight is 493 g/mol. The van der Waals surface area contributed by atoms with E-state index in [-0.39, 0.29) is 12.1 Å². The summed E-state index contributed by atoms with van der Waals surface area (Å²) >= 11 is 0. The number of nitrogens with zero attached hydrogens (tertiary/aromatic N) is 6. The van der Waals surface area contributed by atoms with Crippen molar-refractivity contribution >= 4 is 22.8 Å². The van der Waals surface area contributed by atoms with Gasteiger partial charge in [0.1, 0.15) is 17.7 Å². The van der Waals surface area contributed by atoms with Gasteiger partial charge in [-0.1, -0.05) is 12.1 Å². The minimum absolute atomic E-state index is 0.140. The quantitative estimate of drug-likeness (QED) is 0.393. The molecule has 0 aliphatic carbocycles. The van der Waals surface area contributed by atoms with Crippen LogP contribution < -0.4 is 10.1 Å². The van der Waals surface area contributed by atoms with Gasteiger partial charge in [-0.25, -0.2) is 14.6 Å². The lowest BCUT2D eigenvalue weighted by Crippen LogP contribution is -2.10. The van der Waals surface area contributed by atoms with Crippen molar-refractivity contribution in [3.05, 3.63) is 71.6 Å². The van der Waals surface area contributed by atoms with Crippen molar-refractivity contribution in [3.8, 4) is 17.1 Å². The lowest BCUT2D eigenvalue weighted by Gasteiger charge is -2.17. The van der Waals surface area contributed by atoms with E-state index in [0.717, 1.165) is 23.0 Å². The zero-order valence-electron chi connectivity index (χ0n) is 19.8. The van der Waals surface area contributed by atoms with Crippen LogP contribution in [0.2, 0.25) is 0 Å². The summed E-state index contributed by atoms with van der Waals surface area (Å²) in [5.74, 6) is 1.21. The molecule has 4 heterocycles. The van der Waals surface area contributed by atoms with E-state index in [0.29, 0.717) is 40.8 Å². The van der Waals surface area contributed by atoms with Gasteiger partial charge in [-0.2, -0.15) is 18.3 Å². The predicted molar refractivity (Wildman–Crippen MR) is 129 cm³/mol. The number of pyridine rings is 2. The molecule has 5 rings (SSSR count). The van der Waals surface area contributed by atoms with Crippen LogP contribution in [0.15, 0.2) is 53.8 Å². The summed E-state index contributed by atoms with van der Waals surface area (Å²) < 4.78 is 46.8. The number of hydrogen-bond acceptors (Lipinski definition) is 7. The SMILES string of the molecule is COc1c(Nc2cc(Cc3cccc(C(F)(F)F)n3)nc3c2N=C(C)C3)cccc1-c1ncnn1C. The number of ether oxygens (including phenoxy) is 1. The fourth-order valence-electron chi connectivity index (χ4n) is 4.19. The molecule has 1 N–H and O–H groups in total. The van der Waals surface area contributed by atoms with Crippen LogP contribution in [-0.2, 0) is 26.1 Å². The Kier molecular flexibility index (Phi) is 5.91. The van der Waals surface area contributed by atoms with Gasteiger partial charge in [-0.15, -0.1) is 0 Å². The molecule has 0 bridgehead atoms. The Labute approximate surface area is 204 Å². The fourth-order valence-corrected chi connectivity index (χ4v) is 4.19. The van der Waals surface area contributed by atoms with E-state index in [1.165, 1.54) is 12.4 Å². The first-order chi connectivity index (χ1) is 17.2. The molecule has 0 fully saturated rings. The Bertz CT molecular complexity index is 1480. The zero-order chi connectivity index (χ0) is 25.4. The van der Waals surface area contributed by atoms with Crippen molar-refractivity contribution in [1.29, 1.82) is 0 Å². The maximum absolute atomic E-state index is 13.1. The van der Waals surface area contributed by atoms with Crippen molar-refractivity contribution in [2.45, 2.75) is 25.9 Å². The normalized spacial score (nSPS) is 12.9. The number of benzene rings is 1. The molecule has 0 saturated heterocycles.